The number of alkyl halides is 1. The number of amides is 1. The molecular formula is C11H15BrClNO2. The fourth-order valence-corrected chi connectivity index (χ4v) is 1.95. The second kappa shape index (κ2) is 6.30. The first-order valence-electron chi connectivity index (χ1n) is 5.17. The van der Waals surface area contributed by atoms with E-state index in [-0.39, 0.29) is 11.9 Å². The molecule has 0 aliphatic heterocycles. The molecule has 0 radical (unpaired) electrons. The zero-order valence-corrected chi connectivity index (χ0v) is 11.7. The Morgan fingerprint density at radius 1 is 1.62 bits per heavy atom. The van der Waals surface area contributed by atoms with Crippen molar-refractivity contribution in [1.29, 1.82) is 0 Å². The third-order valence-electron chi connectivity index (χ3n) is 2.27. The zero-order chi connectivity index (χ0) is 12.1. The number of rotatable bonds is 5. The molecule has 1 aromatic rings. The van der Waals surface area contributed by atoms with Crippen LogP contribution >= 0.6 is 27.5 Å². The number of hydrogen-bond acceptors (Lipinski definition) is 2. The summed E-state index contributed by atoms with van der Waals surface area (Å²) < 4.78 is 5.54. The highest BCUT2D eigenvalue weighted by Crippen LogP contribution is 2.20. The molecule has 0 atom stereocenters. The fourth-order valence-electron chi connectivity index (χ4n) is 1.43. The van der Waals surface area contributed by atoms with Crippen molar-refractivity contribution in [1.82, 2.24) is 4.90 Å². The summed E-state index contributed by atoms with van der Waals surface area (Å²) in [7, 11) is 0. The smallest absolute Gasteiger partial charge is 0.258 e. The molecule has 1 rings (SSSR count). The van der Waals surface area contributed by atoms with Crippen molar-refractivity contribution in [2.45, 2.75) is 26.3 Å². The maximum atomic E-state index is 12.2. The monoisotopic (exact) mass is 307 g/mol. The standard InChI is InChI=1S/C11H15BrClNO2/c1-8(2)14(6-3-5-13)11(15)9-4-7-16-10(9)12/h4,7-8H,3,5-6H2,1-2H3. The van der Waals surface area contributed by atoms with Gasteiger partial charge in [0.1, 0.15) is 0 Å². The molecule has 0 fully saturated rings. The van der Waals surface area contributed by atoms with Gasteiger partial charge in [-0.1, -0.05) is 0 Å². The molecule has 0 aromatic carbocycles. The number of nitrogens with zero attached hydrogens (tertiary/aromatic N) is 1. The van der Waals surface area contributed by atoms with Gasteiger partial charge in [0.2, 0.25) is 0 Å². The van der Waals surface area contributed by atoms with E-state index in [4.69, 9.17) is 16.0 Å². The maximum Gasteiger partial charge on any atom is 0.258 e. The van der Waals surface area contributed by atoms with Gasteiger partial charge in [-0.2, -0.15) is 0 Å². The Hall–Kier alpha value is -0.480. The van der Waals surface area contributed by atoms with Crippen LogP contribution in [0.3, 0.4) is 0 Å². The van der Waals surface area contributed by atoms with E-state index in [1.165, 1.54) is 6.26 Å². The van der Waals surface area contributed by atoms with Crippen LogP contribution in [-0.2, 0) is 0 Å². The van der Waals surface area contributed by atoms with Crippen molar-refractivity contribution < 1.29 is 9.21 Å². The Kier molecular flexibility index (Phi) is 5.35. The minimum atomic E-state index is -0.0271. The highest BCUT2D eigenvalue weighted by molar-refractivity contribution is 9.10. The number of furan rings is 1. The van der Waals surface area contributed by atoms with Crippen LogP contribution in [0.15, 0.2) is 21.4 Å². The predicted octanol–water partition coefficient (Wildman–Crippen LogP) is 3.52. The summed E-state index contributed by atoms with van der Waals surface area (Å²) in [5, 5.41) is 0. The van der Waals surface area contributed by atoms with Crippen LogP contribution in [0.4, 0.5) is 0 Å². The summed E-state index contributed by atoms with van der Waals surface area (Å²) in [4.78, 5) is 14.0. The van der Waals surface area contributed by atoms with Crippen molar-refractivity contribution in [2.24, 2.45) is 0 Å². The topological polar surface area (TPSA) is 33.5 Å². The van der Waals surface area contributed by atoms with Crippen molar-refractivity contribution >= 4 is 33.4 Å². The zero-order valence-electron chi connectivity index (χ0n) is 9.37. The lowest BCUT2D eigenvalue weighted by atomic mass is 10.2. The molecule has 0 N–H and O–H groups in total. The Balaban J connectivity index is 2.79. The first kappa shape index (κ1) is 13.6. The van der Waals surface area contributed by atoms with Crippen LogP contribution in [0.2, 0.25) is 0 Å². The second-order valence-electron chi connectivity index (χ2n) is 3.74. The Morgan fingerprint density at radius 3 is 2.75 bits per heavy atom. The molecule has 1 aromatic heterocycles. The molecule has 16 heavy (non-hydrogen) atoms. The first-order valence-corrected chi connectivity index (χ1v) is 6.50. The normalized spacial score (nSPS) is 10.8. The molecule has 0 spiro atoms. The van der Waals surface area contributed by atoms with Gasteiger partial charge in [-0.15, -0.1) is 11.6 Å². The van der Waals surface area contributed by atoms with Gasteiger partial charge in [-0.05, 0) is 42.3 Å². The van der Waals surface area contributed by atoms with Crippen molar-refractivity contribution in [2.75, 3.05) is 12.4 Å². The molecule has 3 nitrogen and oxygen atoms in total. The minimum absolute atomic E-state index is 0.0271. The van der Waals surface area contributed by atoms with Crippen molar-refractivity contribution in [3.05, 3.63) is 22.6 Å². The van der Waals surface area contributed by atoms with E-state index in [9.17, 15) is 4.79 Å². The number of hydrogen-bond donors (Lipinski definition) is 0. The van der Waals surface area contributed by atoms with E-state index >= 15 is 0 Å². The van der Waals surface area contributed by atoms with E-state index in [1.54, 1.807) is 11.0 Å². The van der Waals surface area contributed by atoms with Gasteiger partial charge in [0.05, 0.1) is 11.8 Å². The van der Waals surface area contributed by atoms with E-state index in [0.717, 1.165) is 6.42 Å². The lowest BCUT2D eigenvalue weighted by Gasteiger charge is -2.26. The quantitative estimate of drug-likeness (QED) is 0.780. The summed E-state index contributed by atoms with van der Waals surface area (Å²) in [6.07, 6.45) is 2.29. The summed E-state index contributed by atoms with van der Waals surface area (Å²) in [5.74, 6) is 0.531. The average Bonchev–Trinajstić information content (AvgIpc) is 2.64. The number of carbonyl (C=O) groups excluding carboxylic acids is 1. The van der Waals surface area contributed by atoms with Crippen LogP contribution < -0.4 is 0 Å². The number of carbonyl (C=O) groups is 1. The van der Waals surface area contributed by atoms with Gasteiger partial charge in [0.25, 0.3) is 5.91 Å². The molecule has 1 heterocycles. The van der Waals surface area contributed by atoms with Crippen LogP contribution in [-0.4, -0.2) is 29.3 Å². The maximum absolute atomic E-state index is 12.2. The van der Waals surface area contributed by atoms with Crippen molar-refractivity contribution in [3.63, 3.8) is 0 Å². The van der Waals surface area contributed by atoms with E-state index in [2.05, 4.69) is 15.9 Å². The summed E-state index contributed by atoms with van der Waals surface area (Å²) >= 11 is 8.86. The van der Waals surface area contributed by atoms with Gasteiger partial charge in [-0.25, -0.2) is 0 Å². The molecule has 5 heteroatoms. The van der Waals surface area contributed by atoms with E-state index < -0.39 is 0 Å². The summed E-state index contributed by atoms with van der Waals surface area (Å²) in [6, 6.07) is 1.82. The van der Waals surface area contributed by atoms with Crippen molar-refractivity contribution in [3.8, 4) is 0 Å². The summed E-state index contributed by atoms with van der Waals surface area (Å²) in [5.41, 5.74) is 0.559. The van der Waals surface area contributed by atoms with Gasteiger partial charge >= 0.3 is 0 Å². The van der Waals surface area contributed by atoms with Crippen LogP contribution in [0.1, 0.15) is 30.6 Å². The molecule has 90 valence electrons. The average molecular weight is 309 g/mol. The third-order valence-corrected chi connectivity index (χ3v) is 3.15. The van der Waals surface area contributed by atoms with Gasteiger partial charge < -0.3 is 9.32 Å². The largest absolute Gasteiger partial charge is 0.457 e. The Bertz CT molecular complexity index is 352. The van der Waals surface area contributed by atoms with Gasteiger partial charge in [-0.3, -0.25) is 4.79 Å². The SMILES string of the molecule is CC(C)N(CCCCl)C(=O)c1ccoc1Br. The van der Waals surface area contributed by atoms with E-state index in [0.29, 0.717) is 22.7 Å². The fraction of sp³-hybridized carbons (Fsp3) is 0.545. The minimum Gasteiger partial charge on any atom is -0.457 e. The molecule has 0 saturated carbocycles. The Morgan fingerprint density at radius 2 is 2.31 bits per heavy atom. The number of halogens is 2. The molecule has 1 amide bonds. The summed E-state index contributed by atoms with van der Waals surface area (Å²) in [6.45, 7) is 4.64. The lowest BCUT2D eigenvalue weighted by Crippen LogP contribution is -2.37. The Labute approximate surface area is 109 Å². The molecule has 0 aliphatic carbocycles. The highest BCUT2D eigenvalue weighted by Gasteiger charge is 2.21. The molecule has 0 aliphatic rings. The van der Waals surface area contributed by atoms with Gasteiger partial charge in [0, 0.05) is 18.5 Å². The second-order valence-corrected chi connectivity index (χ2v) is 4.84. The van der Waals surface area contributed by atoms with Crippen LogP contribution in [0, 0.1) is 0 Å². The third kappa shape index (κ3) is 3.25. The van der Waals surface area contributed by atoms with E-state index in [1.807, 2.05) is 13.8 Å². The van der Waals surface area contributed by atoms with Crippen LogP contribution in [0.5, 0.6) is 0 Å². The molecule has 0 unspecified atom stereocenters. The first-order chi connectivity index (χ1) is 7.57. The molecule has 0 saturated heterocycles. The predicted molar refractivity (Wildman–Crippen MR) is 67.9 cm³/mol. The van der Waals surface area contributed by atoms with Gasteiger partial charge in [0.15, 0.2) is 4.67 Å². The molecular weight excluding hydrogens is 293 g/mol. The van der Waals surface area contributed by atoms with Crippen LogP contribution in [0.25, 0.3) is 0 Å². The molecule has 0 bridgehead atoms. The highest BCUT2D eigenvalue weighted by atomic mass is 79.9. The lowest BCUT2D eigenvalue weighted by molar-refractivity contribution is 0.0704.